The molecule has 5 heteroatoms. The molecule has 1 aliphatic rings. The molecule has 2 atom stereocenters. The number of rotatable bonds is 6. The Balaban J connectivity index is 2.57. The van der Waals surface area contributed by atoms with Crippen LogP contribution in [-0.4, -0.2) is 31.5 Å². The highest BCUT2D eigenvalue weighted by Gasteiger charge is 2.53. The van der Waals surface area contributed by atoms with Crippen LogP contribution < -0.4 is 5.32 Å². The number of ether oxygens (including phenoxy) is 1. The molecule has 0 amide bonds. The second kappa shape index (κ2) is 5.57. The van der Waals surface area contributed by atoms with Gasteiger partial charge in [0, 0.05) is 11.5 Å². The first-order chi connectivity index (χ1) is 7.89. The summed E-state index contributed by atoms with van der Waals surface area (Å²) in [6, 6.07) is 0.292. The summed E-state index contributed by atoms with van der Waals surface area (Å²) in [7, 11) is 0. The second-order valence-electron chi connectivity index (χ2n) is 4.70. The van der Waals surface area contributed by atoms with E-state index in [2.05, 4.69) is 5.32 Å². The molecular formula is C12H22F3NO. The van der Waals surface area contributed by atoms with Crippen molar-refractivity contribution in [1.29, 1.82) is 0 Å². The molecule has 2 nitrogen and oxygen atoms in total. The highest BCUT2D eigenvalue weighted by Crippen LogP contribution is 2.49. The van der Waals surface area contributed by atoms with E-state index in [4.69, 9.17) is 4.74 Å². The van der Waals surface area contributed by atoms with Crippen LogP contribution in [0.15, 0.2) is 0 Å². The number of nitrogens with one attached hydrogen (secondary N) is 1. The van der Waals surface area contributed by atoms with Gasteiger partial charge in [0.2, 0.25) is 0 Å². The third-order valence-electron chi connectivity index (χ3n) is 4.00. The summed E-state index contributed by atoms with van der Waals surface area (Å²) in [6.07, 6.45) is -2.10. The molecular weight excluding hydrogens is 231 g/mol. The van der Waals surface area contributed by atoms with Crippen molar-refractivity contribution >= 4 is 0 Å². The smallest absolute Gasteiger partial charge is 0.368 e. The minimum Gasteiger partial charge on any atom is -0.368 e. The molecule has 1 aliphatic carbocycles. The minimum atomic E-state index is -4.23. The zero-order valence-electron chi connectivity index (χ0n) is 10.7. The Hall–Kier alpha value is -0.290. The van der Waals surface area contributed by atoms with Crippen LogP contribution in [0.5, 0.6) is 0 Å². The molecule has 1 N–H and O–H groups in total. The molecule has 0 bridgehead atoms. The van der Waals surface area contributed by atoms with Crippen LogP contribution >= 0.6 is 0 Å². The summed E-state index contributed by atoms with van der Waals surface area (Å²) < 4.78 is 41.5. The van der Waals surface area contributed by atoms with Gasteiger partial charge in [0.15, 0.2) is 0 Å². The number of hydrogen-bond acceptors (Lipinski definition) is 2. The molecule has 0 aromatic heterocycles. The highest BCUT2D eigenvalue weighted by atomic mass is 19.4. The van der Waals surface area contributed by atoms with E-state index in [0.29, 0.717) is 12.5 Å². The van der Waals surface area contributed by atoms with E-state index in [1.165, 1.54) is 0 Å². The average molecular weight is 253 g/mol. The van der Waals surface area contributed by atoms with E-state index in [0.717, 1.165) is 19.4 Å². The topological polar surface area (TPSA) is 21.3 Å². The van der Waals surface area contributed by atoms with E-state index in [1.807, 2.05) is 20.8 Å². The van der Waals surface area contributed by atoms with Gasteiger partial charge >= 0.3 is 6.18 Å². The zero-order valence-corrected chi connectivity index (χ0v) is 10.7. The first kappa shape index (κ1) is 14.8. The van der Waals surface area contributed by atoms with E-state index in [1.54, 1.807) is 0 Å². The maximum Gasteiger partial charge on any atom is 0.411 e. The molecule has 2 unspecified atom stereocenters. The number of alkyl halides is 3. The van der Waals surface area contributed by atoms with E-state index >= 15 is 0 Å². The summed E-state index contributed by atoms with van der Waals surface area (Å²) in [5.74, 6) is 0. The van der Waals surface area contributed by atoms with Crippen molar-refractivity contribution in [2.24, 2.45) is 5.41 Å². The van der Waals surface area contributed by atoms with E-state index in [-0.39, 0.29) is 11.5 Å². The van der Waals surface area contributed by atoms with Crippen LogP contribution in [0.25, 0.3) is 0 Å². The van der Waals surface area contributed by atoms with Gasteiger partial charge < -0.3 is 10.1 Å². The summed E-state index contributed by atoms with van der Waals surface area (Å²) >= 11 is 0. The lowest BCUT2D eigenvalue weighted by Crippen LogP contribution is -2.63. The van der Waals surface area contributed by atoms with Crippen LogP contribution in [0.2, 0.25) is 0 Å². The predicted octanol–water partition coefficient (Wildman–Crippen LogP) is 3.12. The maximum atomic E-state index is 12.1. The van der Waals surface area contributed by atoms with E-state index in [9.17, 15) is 13.2 Å². The monoisotopic (exact) mass is 253 g/mol. The third-order valence-corrected chi connectivity index (χ3v) is 4.00. The Kier molecular flexibility index (Phi) is 4.84. The highest BCUT2D eigenvalue weighted by molar-refractivity contribution is 5.06. The van der Waals surface area contributed by atoms with Crippen LogP contribution in [0.1, 0.15) is 40.0 Å². The molecule has 17 heavy (non-hydrogen) atoms. The van der Waals surface area contributed by atoms with Crippen LogP contribution in [0, 0.1) is 5.41 Å². The largest absolute Gasteiger partial charge is 0.411 e. The molecule has 0 heterocycles. The quantitative estimate of drug-likeness (QED) is 0.785. The molecule has 1 rings (SSSR count). The van der Waals surface area contributed by atoms with Gasteiger partial charge in [-0.25, -0.2) is 0 Å². The Bertz CT molecular complexity index is 238. The van der Waals surface area contributed by atoms with Crippen molar-refractivity contribution in [3.05, 3.63) is 0 Å². The molecule has 0 aromatic carbocycles. The standard InChI is InChI=1S/C12H22F3NO/c1-4-11(5-2)9(16-6-3)7-10(11)17-8-12(13,14)15/h9-10,16H,4-8H2,1-3H3. The fourth-order valence-corrected chi connectivity index (χ4v) is 2.91. The molecule has 1 saturated carbocycles. The Morgan fingerprint density at radius 1 is 1.24 bits per heavy atom. The van der Waals surface area contributed by atoms with Gasteiger partial charge in [0.1, 0.15) is 6.61 Å². The van der Waals surface area contributed by atoms with Gasteiger partial charge in [-0.3, -0.25) is 0 Å². The van der Waals surface area contributed by atoms with Crippen LogP contribution in [0.4, 0.5) is 13.2 Å². The van der Waals surface area contributed by atoms with Crippen molar-refractivity contribution in [2.45, 2.75) is 58.4 Å². The van der Waals surface area contributed by atoms with Gasteiger partial charge in [-0.1, -0.05) is 20.8 Å². The summed E-state index contributed by atoms with van der Waals surface area (Å²) in [5, 5.41) is 3.34. The maximum absolute atomic E-state index is 12.1. The molecule has 1 fully saturated rings. The van der Waals surface area contributed by atoms with Gasteiger partial charge in [-0.05, 0) is 25.8 Å². The van der Waals surface area contributed by atoms with Gasteiger partial charge in [0.25, 0.3) is 0 Å². The van der Waals surface area contributed by atoms with Crippen molar-refractivity contribution in [3.63, 3.8) is 0 Å². The minimum absolute atomic E-state index is 0.124. The zero-order chi connectivity index (χ0) is 13.1. The molecule has 0 saturated heterocycles. The van der Waals surface area contributed by atoms with Gasteiger partial charge in [-0.2, -0.15) is 13.2 Å². The average Bonchev–Trinajstić information content (AvgIpc) is 2.23. The van der Waals surface area contributed by atoms with Gasteiger partial charge in [0.05, 0.1) is 6.10 Å². The fraction of sp³-hybridized carbons (Fsp3) is 1.00. The Labute approximate surface area is 101 Å². The summed E-state index contributed by atoms with van der Waals surface area (Å²) in [4.78, 5) is 0. The number of halogens is 3. The first-order valence-corrected chi connectivity index (χ1v) is 6.31. The molecule has 0 radical (unpaired) electrons. The van der Waals surface area contributed by atoms with Crippen LogP contribution in [0.3, 0.4) is 0 Å². The lowest BCUT2D eigenvalue weighted by Gasteiger charge is -2.55. The number of hydrogen-bond donors (Lipinski definition) is 1. The van der Waals surface area contributed by atoms with Crippen molar-refractivity contribution < 1.29 is 17.9 Å². The summed E-state index contributed by atoms with van der Waals surface area (Å²) in [5.41, 5.74) is -0.124. The molecule has 102 valence electrons. The molecule has 0 aliphatic heterocycles. The second-order valence-corrected chi connectivity index (χ2v) is 4.70. The molecule has 0 aromatic rings. The van der Waals surface area contributed by atoms with Gasteiger partial charge in [-0.15, -0.1) is 0 Å². The first-order valence-electron chi connectivity index (χ1n) is 6.31. The summed E-state index contributed by atoms with van der Waals surface area (Å²) in [6.45, 7) is 5.78. The Morgan fingerprint density at radius 2 is 1.82 bits per heavy atom. The van der Waals surface area contributed by atoms with E-state index < -0.39 is 12.8 Å². The van der Waals surface area contributed by atoms with Crippen molar-refractivity contribution in [1.82, 2.24) is 5.32 Å². The lowest BCUT2D eigenvalue weighted by molar-refractivity contribution is -0.224. The van der Waals surface area contributed by atoms with Crippen LogP contribution in [-0.2, 0) is 4.74 Å². The van der Waals surface area contributed by atoms with Crippen molar-refractivity contribution in [3.8, 4) is 0 Å². The predicted molar refractivity (Wildman–Crippen MR) is 60.9 cm³/mol. The SMILES string of the molecule is CCNC1CC(OCC(F)(F)F)C1(CC)CC. The normalized spacial score (nSPS) is 27.9. The Morgan fingerprint density at radius 3 is 2.24 bits per heavy atom. The lowest BCUT2D eigenvalue weighted by atomic mass is 9.58. The van der Waals surface area contributed by atoms with Crippen molar-refractivity contribution in [2.75, 3.05) is 13.2 Å². The fourth-order valence-electron chi connectivity index (χ4n) is 2.91. The third kappa shape index (κ3) is 3.13. The molecule has 0 spiro atoms.